The van der Waals surface area contributed by atoms with Gasteiger partial charge < -0.3 is 19.3 Å². The first-order valence-corrected chi connectivity index (χ1v) is 20.0. The summed E-state index contributed by atoms with van der Waals surface area (Å²) in [6, 6.07) is 14.1. The van der Waals surface area contributed by atoms with Crippen molar-refractivity contribution in [2.75, 3.05) is 50.6 Å². The van der Waals surface area contributed by atoms with Gasteiger partial charge in [0, 0.05) is 61.2 Å². The fourth-order valence-electron chi connectivity index (χ4n) is 6.51. The van der Waals surface area contributed by atoms with Crippen molar-refractivity contribution in [3.63, 3.8) is 0 Å². The zero-order valence-corrected chi connectivity index (χ0v) is 33.8. The Kier molecular flexibility index (Phi) is 14.9. The van der Waals surface area contributed by atoms with Gasteiger partial charge in [-0.15, -0.1) is 0 Å². The Bertz CT molecular complexity index is 1950. The molecule has 2 aliphatic rings. The fraction of sp³-hybridized carbons (Fsp3) is 0.463. The lowest BCUT2D eigenvalue weighted by atomic mass is 9.95. The van der Waals surface area contributed by atoms with Crippen LogP contribution in [0.3, 0.4) is 0 Å². The molecule has 1 atom stereocenters. The number of ether oxygens (including phenoxy) is 2. The van der Waals surface area contributed by atoms with Crippen LogP contribution in [0.1, 0.15) is 81.5 Å². The summed E-state index contributed by atoms with van der Waals surface area (Å²) in [7, 11) is 2.10. The number of likely N-dealkylation sites (N-methyl/N-ethyl adjacent to an activating group) is 1. The summed E-state index contributed by atoms with van der Waals surface area (Å²) in [5.74, 6) is -3.87. The van der Waals surface area contributed by atoms with Gasteiger partial charge in [-0.3, -0.25) is 0 Å². The van der Waals surface area contributed by atoms with Crippen molar-refractivity contribution in [3.05, 3.63) is 101 Å². The third-order valence-corrected chi connectivity index (χ3v) is 11.5. The first-order chi connectivity index (χ1) is 26.2. The van der Waals surface area contributed by atoms with E-state index >= 15 is 8.78 Å². The van der Waals surface area contributed by atoms with Crippen molar-refractivity contribution in [2.24, 2.45) is 0 Å². The van der Waals surface area contributed by atoms with Crippen LogP contribution in [-0.4, -0.2) is 70.7 Å². The summed E-state index contributed by atoms with van der Waals surface area (Å²) >= 11 is 0. The maximum absolute atomic E-state index is 15.5. The number of hydrogen-bond acceptors (Lipinski definition) is 8. The minimum Gasteiger partial charge on any atom is -0.497 e. The molecule has 1 unspecified atom stereocenters. The number of nitrogens with zero attached hydrogens (tertiary/aromatic N) is 5. The average molecular weight is 788 g/mol. The summed E-state index contributed by atoms with van der Waals surface area (Å²) < 4.78 is 97.0. The molecule has 14 heteroatoms. The van der Waals surface area contributed by atoms with E-state index in [0.717, 1.165) is 72.9 Å². The van der Waals surface area contributed by atoms with Gasteiger partial charge in [0.15, 0.2) is 4.90 Å². The van der Waals surface area contributed by atoms with Crippen molar-refractivity contribution in [3.8, 4) is 11.5 Å². The van der Waals surface area contributed by atoms with Crippen LogP contribution in [0.2, 0.25) is 0 Å². The molecule has 2 heterocycles. The highest BCUT2D eigenvalue weighted by molar-refractivity contribution is 7.92. The van der Waals surface area contributed by atoms with Gasteiger partial charge >= 0.3 is 0 Å². The maximum atomic E-state index is 15.5. The Morgan fingerprint density at radius 2 is 1.64 bits per heavy atom. The van der Waals surface area contributed by atoms with Crippen molar-refractivity contribution < 1.29 is 35.5 Å². The molecular formula is C41H53F4N5O4S. The molecule has 0 spiro atoms. The lowest BCUT2D eigenvalue weighted by molar-refractivity contribution is 0.0164. The topological polar surface area (TPSA) is 88.1 Å². The predicted octanol–water partition coefficient (Wildman–Crippen LogP) is 8.96. The molecule has 9 nitrogen and oxygen atoms in total. The Balaban J connectivity index is 0.000000328. The lowest BCUT2D eigenvalue weighted by Gasteiger charge is -2.37. The molecule has 0 N–H and O–H groups in total. The Labute approximate surface area is 323 Å². The van der Waals surface area contributed by atoms with Crippen LogP contribution in [0.15, 0.2) is 72.0 Å². The number of alkyl halides is 2. The normalized spacial score (nSPS) is 15.7. The second kappa shape index (κ2) is 18.9. The smallest absolute Gasteiger partial charge is 0.271 e. The van der Waals surface area contributed by atoms with Gasteiger partial charge in [0.1, 0.15) is 35.3 Å². The van der Waals surface area contributed by atoms with Gasteiger partial charge in [-0.2, -0.15) is 0 Å². The number of halogens is 4. The van der Waals surface area contributed by atoms with E-state index in [1.165, 1.54) is 26.5 Å². The van der Waals surface area contributed by atoms with Crippen molar-refractivity contribution >= 4 is 21.5 Å². The first kappa shape index (κ1) is 43.3. The first-order valence-electron chi connectivity index (χ1n) is 18.6. The van der Waals surface area contributed by atoms with E-state index in [4.69, 9.17) is 9.47 Å². The lowest BCUT2D eigenvalue weighted by Crippen LogP contribution is -2.45. The number of aromatic nitrogens is 2. The summed E-state index contributed by atoms with van der Waals surface area (Å²) in [5.41, 5.74) is 2.84. The molecule has 1 aromatic heterocycles. The zero-order valence-electron chi connectivity index (χ0n) is 33.0. The fourth-order valence-corrected chi connectivity index (χ4v) is 8.00. The van der Waals surface area contributed by atoms with Crippen LogP contribution in [0.5, 0.6) is 11.5 Å². The average Bonchev–Trinajstić information content (AvgIpc) is 4.03. The van der Waals surface area contributed by atoms with Crippen LogP contribution in [0.25, 0.3) is 0 Å². The number of hydrogen-bond donors (Lipinski definition) is 0. The SMILES string of the molecule is CC.CCc1ccc(C2CC2)c(C(C)(F)F)c1.COc1ccc(CN(c2ccncn2)S(=O)(=O)c2c(F)cc(N3CCCC(N(C)C)C3)cc2F)c(OC)c1. The molecule has 0 radical (unpaired) electrons. The van der Waals surface area contributed by atoms with Crippen molar-refractivity contribution in [1.82, 2.24) is 14.9 Å². The highest BCUT2D eigenvalue weighted by Crippen LogP contribution is 2.45. The molecule has 0 amide bonds. The molecule has 1 aliphatic carbocycles. The Morgan fingerprint density at radius 1 is 0.945 bits per heavy atom. The summed E-state index contributed by atoms with van der Waals surface area (Å²) in [4.78, 5) is 10.8. The number of anilines is 2. The van der Waals surface area contributed by atoms with E-state index in [9.17, 15) is 17.2 Å². The van der Waals surface area contributed by atoms with E-state index in [2.05, 4.69) is 14.9 Å². The summed E-state index contributed by atoms with van der Waals surface area (Å²) in [5, 5.41) is 0. The van der Waals surface area contributed by atoms with Crippen LogP contribution in [-0.2, 0) is 28.9 Å². The van der Waals surface area contributed by atoms with E-state index in [0.29, 0.717) is 41.8 Å². The van der Waals surface area contributed by atoms with Crippen LogP contribution in [0.4, 0.5) is 29.1 Å². The van der Waals surface area contributed by atoms with Crippen molar-refractivity contribution in [2.45, 2.75) is 89.1 Å². The molecule has 55 heavy (non-hydrogen) atoms. The monoisotopic (exact) mass is 787 g/mol. The van der Waals surface area contributed by atoms with Gasteiger partial charge in [0.2, 0.25) is 0 Å². The number of aryl methyl sites for hydroxylation is 1. The second-order valence-electron chi connectivity index (χ2n) is 13.6. The standard InChI is InChI=1S/C26H31F2N5O4S.C13H16F2.C2H6/c1-31(2)19-6-5-11-32(16-19)20-12-22(27)26(23(28)13-20)38(34,35)33(25-9-10-29-17-30-25)15-18-7-8-21(36-3)14-24(18)37-4;1-3-9-4-7-11(10-5-6-10)12(8-9)13(2,14)15;1-2/h7-10,12-14,17,19H,5-6,11,15-16H2,1-4H3;4,7-8,10H,3,5-6H2,1-2H3;1-2H3. The second-order valence-corrected chi connectivity index (χ2v) is 15.4. The highest BCUT2D eigenvalue weighted by Gasteiger charge is 2.36. The molecule has 4 aromatic rings. The number of sulfonamides is 1. The number of benzene rings is 3. The minimum atomic E-state index is -4.75. The number of piperidine rings is 1. The molecule has 2 fully saturated rings. The van der Waals surface area contributed by atoms with E-state index in [1.54, 1.807) is 24.3 Å². The quantitative estimate of drug-likeness (QED) is 0.132. The largest absolute Gasteiger partial charge is 0.497 e. The minimum absolute atomic E-state index is 0.0504. The molecule has 1 saturated carbocycles. The Morgan fingerprint density at radius 3 is 2.18 bits per heavy atom. The molecule has 0 bridgehead atoms. The highest BCUT2D eigenvalue weighted by atomic mass is 32.2. The zero-order chi connectivity index (χ0) is 40.5. The number of rotatable bonds is 12. The van der Waals surface area contributed by atoms with Crippen molar-refractivity contribution in [1.29, 1.82) is 0 Å². The van der Waals surface area contributed by atoms with Crippen LogP contribution >= 0.6 is 0 Å². The van der Waals surface area contributed by atoms with E-state index in [1.807, 2.05) is 51.9 Å². The van der Waals surface area contributed by atoms with Gasteiger partial charge in [-0.1, -0.05) is 32.9 Å². The third kappa shape index (κ3) is 10.7. The van der Waals surface area contributed by atoms with E-state index < -0.39 is 32.5 Å². The van der Waals surface area contributed by atoms with Crippen LogP contribution in [0, 0.1) is 11.6 Å². The van der Waals surface area contributed by atoms with Gasteiger partial charge in [0.25, 0.3) is 15.9 Å². The Hall–Kier alpha value is -4.43. The third-order valence-electron chi connectivity index (χ3n) is 9.67. The predicted molar refractivity (Wildman–Crippen MR) is 209 cm³/mol. The molecule has 3 aromatic carbocycles. The molecular weight excluding hydrogens is 735 g/mol. The molecule has 300 valence electrons. The molecule has 1 aliphatic heterocycles. The molecule has 1 saturated heterocycles. The van der Waals surface area contributed by atoms with E-state index in [-0.39, 0.29) is 24.0 Å². The van der Waals surface area contributed by atoms with Gasteiger partial charge in [-0.05, 0) is 93.6 Å². The summed E-state index contributed by atoms with van der Waals surface area (Å²) in [6.07, 6.45) is 7.29. The molecule has 6 rings (SSSR count). The summed E-state index contributed by atoms with van der Waals surface area (Å²) in [6.45, 7) is 7.89. The maximum Gasteiger partial charge on any atom is 0.271 e. The van der Waals surface area contributed by atoms with Crippen LogP contribution < -0.4 is 18.7 Å². The van der Waals surface area contributed by atoms with Gasteiger partial charge in [0.05, 0.1) is 20.8 Å². The number of methoxy groups -OCH3 is 2. The van der Waals surface area contributed by atoms with Gasteiger partial charge in [-0.25, -0.2) is 40.3 Å².